The highest BCUT2D eigenvalue weighted by molar-refractivity contribution is 7.92. The zero-order valence-electron chi connectivity index (χ0n) is 11.4. The molecule has 1 aromatic rings. The fourth-order valence-electron chi connectivity index (χ4n) is 1.39. The maximum absolute atomic E-state index is 11.7. The van der Waals surface area contributed by atoms with E-state index in [2.05, 4.69) is 4.72 Å². The number of hydrogen-bond acceptors (Lipinski definition) is 3. The molecule has 0 saturated heterocycles. The van der Waals surface area contributed by atoms with E-state index in [9.17, 15) is 8.42 Å². The number of nitrogens with one attached hydrogen (secondary N) is 1. The van der Waals surface area contributed by atoms with Gasteiger partial charge < -0.3 is 4.74 Å². The molecule has 0 aliphatic rings. The van der Waals surface area contributed by atoms with Crippen LogP contribution in [-0.4, -0.2) is 27.7 Å². The van der Waals surface area contributed by atoms with Gasteiger partial charge in [-0.3, -0.25) is 0 Å². The number of hydrogen-bond donors (Lipinski definition) is 1. The molecule has 0 unspecified atom stereocenters. The molecule has 4 nitrogen and oxygen atoms in total. The minimum absolute atomic E-state index is 0.176. The lowest BCUT2D eigenvalue weighted by atomic mass is 10.2. The Morgan fingerprint density at radius 2 is 1.95 bits per heavy atom. The predicted octanol–water partition coefficient (Wildman–Crippen LogP) is 2.39. The van der Waals surface area contributed by atoms with E-state index >= 15 is 0 Å². The van der Waals surface area contributed by atoms with Crippen LogP contribution in [0.3, 0.4) is 0 Å². The molecule has 0 amide bonds. The fraction of sp³-hybridized carbons (Fsp3) is 0.429. The number of rotatable bonds is 8. The van der Waals surface area contributed by atoms with E-state index in [4.69, 9.17) is 4.74 Å². The molecule has 0 aliphatic carbocycles. The van der Waals surface area contributed by atoms with Crippen LogP contribution in [0, 0.1) is 0 Å². The maximum Gasteiger partial charge on any atom is 0.233 e. The lowest BCUT2D eigenvalue weighted by molar-refractivity contribution is 0.0778. The molecule has 0 bridgehead atoms. The first-order chi connectivity index (χ1) is 8.99. The topological polar surface area (TPSA) is 55.4 Å². The zero-order chi connectivity index (χ0) is 14.1. The Bertz CT molecular complexity index is 481. The Morgan fingerprint density at radius 1 is 1.26 bits per heavy atom. The third-order valence-electron chi connectivity index (χ3n) is 2.31. The van der Waals surface area contributed by atoms with Gasteiger partial charge in [0.25, 0.3) is 0 Å². The summed E-state index contributed by atoms with van der Waals surface area (Å²) in [6.45, 7) is 4.84. The molecule has 0 heterocycles. The second-order valence-corrected chi connectivity index (χ2v) is 6.08. The molecule has 0 spiro atoms. The quantitative estimate of drug-likeness (QED) is 0.745. The van der Waals surface area contributed by atoms with Crippen LogP contribution in [0.4, 0.5) is 0 Å². The van der Waals surface area contributed by atoms with Gasteiger partial charge in [-0.25, -0.2) is 13.1 Å². The number of ether oxygens (including phenoxy) is 1. The third kappa shape index (κ3) is 7.77. The van der Waals surface area contributed by atoms with Crippen molar-refractivity contribution in [2.75, 3.05) is 13.2 Å². The van der Waals surface area contributed by atoms with Gasteiger partial charge in [0.05, 0.1) is 6.10 Å². The second-order valence-electron chi connectivity index (χ2n) is 4.43. The van der Waals surface area contributed by atoms with Crippen LogP contribution in [0.5, 0.6) is 0 Å². The molecule has 1 aromatic carbocycles. The van der Waals surface area contributed by atoms with Crippen molar-refractivity contribution in [3.63, 3.8) is 0 Å². The maximum atomic E-state index is 11.7. The normalized spacial score (nSPS) is 12.4. The first kappa shape index (κ1) is 15.9. The van der Waals surface area contributed by atoms with Crippen molar-refractivity contribution in [1.82, 2.24) is 4.72 Å². The van der Waals surface area contributed by atoms with Gasteiger partial charge in [-0.1, -0.05) is 30.3 Å². The lowest BCUT2D eigenvalue weighted by Gasteiger charge is -2.07. The molecule has 0 aromatic heterocycles. The van der Waals surface area contributed by atoms with Crippen molar-refractivity contribution < 1.29 is 13.2 Å². The largest absolute Gasteiger partial charge is 0.379 e. The highest BCUT2D eigenvalue weighted by atomic mass is 32.2. The molecule has 106 valence electrons. The summed E-state index contributed by atoms with van der Waals surface area (Å²) in [5, 5.41) is 1.19. The summed E-state index contributed by atoms with van der Waals surface area (Å²) in [4.78, 5) is 0. The Labute approximate surface area is 115 Å². The molecule has 0 aliphatic heterocycles. The van der Waals surface area contributed by atoms with Gasteiger partial charge in [-0.15, -0.1) is 0 Å². The van der Waals surface area contributed by atoms with E-state index in [-0.39, 0.29) is 6.10 Å². The van der Waals surface area contributed by atoms with E-state index in [1.165, 1.54) is 5.41 Å². The summed E-state index contributed by atoms with van der Waals surface area (Å²) in [6.07, 6.45) is 2.42. The molecule has 0 atom stereocenters. The van der Waals surface area contributed by atoms with Crippen LogP contribution in [0.15, 0.2) is 35.7 Å². The summed E-state index contributed by atoms with van der Waals surface area (Å²) >= 11 is 0. The lowest BCUT2D eigenvalue weighted by Crippen LogP contribution is -2.23. The highest BCUT2D eigenvalue weighted by Crippen LogP contribution is 2.02. The van der Waals surface area contributed by atoms with E-state index in [0.29, 0.717) is 19.6 Å². The first-order valence-corrected chi connectivity index (χ1v) is 7.88. The van der Waals surface area contributed by atoms with Gasteiger partial charge in [-0.05, 0) is 31.9 Å². The molecule has 0 fully saturated rings. The summed E-state index contributed by atoms with van der Waals surface area (Å²) in [7, 11) is -3.37. The van der Waals surface area contributed by atoms with Gasteiger partial charge in [0.2, 0.25) is 10.0 Å². The standard InChI is InChI=1S/C14H21NO3S/c1-13(2)18-11-6-10-15-19(16,17)12-9-14-7-4-3-5-8-14/h3-5,7-9,12-13,15H,6,10-11H2,1-2H3/b12-9+. The number of benzene rings is 1. The average Bonchev–Trinajstić information content (AvgIpc) is 2.37. The Kier molecular flexibility index (Phi) is 6.77. The van der Waals surface area contributed by atoms with Crippen LogP contribution in [-0.2, 0) is 14.8 Å². The van der Waals surface area contributed by atoms with Crippen LogP contribution in [0.2, 0.25) is 0 Å². The third-order valence-corrected chi connectivity index (χ3v) is 3.42. The van der Waals surface area contributed by atoms with Crippen LogP contribution in [0.1, 0.15) is 25.8 Å². The first-order valence-electron chi connectivity index (χ1n) is 6.34. The summed E-state index contributed by atoms with van der Waals surface area (Å²) in [5.41, 5.74) is 0.857. The molecule has 0 radical (unpaired) electrons. The predicted molar refractivity (Wildman–Crippen MR) is 78.1 cm³/mol. The fourth-order valence-corrected chi connectivity index (χ4v) is 2.25. The van der Waals surface area contributed by atoms with Crippen molar-refractivity contribution in [2.24, 2.45) is 0 Å². The van der Waals surface area contributed by atoms with Gasteiger partial charge in [0.15, 0.2) is 0 Å². The zero-order valence-corrected chi connectivity index (χ0v) is 12.2. The van der Waals surface area contributed by atoms with Crippen LogP contribution in [0.25, 0.3) is 6.08 Å². The summed E-state index contributed by atoms with van der Waals surface area (Å²) < 4.78 is 31.2. The Morgan fingerprint density at radius 3 is 2.58 bits per heavy atom. The second kappa shape index (κ2) is 8.09. The smallest absolute Gasteiger partial charge is 0.233 e. The monoisotopic (exact) mass is 283 g/mol. The van der Waals surface area contributed by atoms with Gasteiger partial charge in [0, 0.05) is 18.6 Å². The molecule has 1 N–H and O–H groups in total. The summed E-state index contributed by atoms with van der Waals surface area (Å²) in [5.74, 6) is 0. The molecule has 0 saturated carbocycles. The van der Waals surface area contributed by atoms with E-state index < -0.39 is 10.0 Å². The summed E-state index contributed by atoms with van der Waals surface area (Å²) in [6, 6.07) is 9.32. The molecular formula is C14H21NO3S. The van der Waals surface area contributed by atoms with E-state index in [1.807, 2.05) is 44.2 Å². The Hall–Kier alpha value is -1.17. The minimum Gasteiger partial charge on any atom is -0.379 e. The highest BCUT2D eigenvalue weighted by Gasteiger charge is 2.03. The van der Waals surface area contributed by atoms with Crippen molar-refractivity contribution in [3.8, 4) is 0 Å². The van der Waals surface area contributed by atoms with Gasteiger partial charge >= 0.3 is 0 Å². The SMILES string of the molecule is CC(C)OCCCNS(=O)(=O)/C=C/c1ccccc1. The van der Waals surface area contributed by atoms with Crippen LogP contribution < -0.4 is 4.72 Å². The minimum atomic E-state index is -3.37. The van der Waals surface area contributed by atoms with Crippen molar-refractivity contribution in [1.29, 1.82) is 0 Å². The van der Waals surface area contributed by atoms with Crippen LogP contribution >= 0.6 is 0 Å². The molecule has 19 heavy (non-hydrogen) atoms. The molecular weight excluding hydrogens is 262 g/mol. The number of sulfonamides is 1. The average molecular weight is 283 g/mol. The van der Waals surface area contributed by atoms with Crippen molar-refractivity contribution in [3.05, 3.63) is 41.3 Å². The van der Waals surface area contributed by atoms with Crippen molar-refractivity contribution >= 4 is 16.1 Å². The van der Waals surface area contributed by atoms with Gasteiger partial charge in [0.1, 0.15) is 0 Å². The van der Waals surface area contributed by atoms with E-state index in [0.717, 1.165) is 5.56 Å². The Balaban J connectivity index is 2.34. The molecule has 1 rings (SSSR count). The van der Waals surface area contributed by atoms with E-state index in [1.54, 1.807) is 6.08 Å². The molecule has 5 heteroatoms. The van der Waals surface area contributed by atoms with Crippen molar-refractivity contribution in [2.45, 2.75) is 26.4 Å². The van der Waals surface area contributed by atoms with Gasteiger partial charge in [-0.2, -0.15) is 0 Å².